The molecule has 4 heteroatoms. The minimum atomic E-state index is 0.353. The van der Waals surface area contributed by atoms with Crippen molar-refractivity contribution in [1.82, 2.24) is 9.80 Å². The Bertz CT molecular complexity index is 212. The number of unbranched alkanes of at least 4 members (excludes halogenated alkanes) is 2. The van der Waals surface area contributed by atoms with Crippen LogP contribution < -0.4 is 5.73 Å². The van der Waals surface area contributed by atoms with Crippen LogP contribution in [0, 0.1) is 0 Å². The molecule has 1 fully saturated rings. The van der Waals surface area contributed by atoms with E-state index in [2.05, 4.69) is 23.6 Å². The lowest BCUT2D eigenvalue weighted by molar-refractivity contribution is 0.0597. The van der Waals surface area contributed by atoms with Crippen LogP contribution in [0.15, 0.2) is 0 Å². The van der Waals surface area contributed by atoms with Gasteiger partial charge in [-0.1, -0.05) is 6.42 Å². The Labute approximate surface area is 119 Å². The minimum absolute atomic E-state index is 0.353. The van der Waals surface area contributed by atoms with Gasteiger partial charge in [0.2, 0.25) is 0 Å². The molecule has 0 unspecified atom stereocenters. The van der Waals surface area contributed by atoms with Gasteiger partial charge in [0, 0.05) is 19.6 Å². The van der Waals surface area contributed by atoms with Gasteiger partial charge in [-0.15, -0.1) is 0 Å². The highest BCUT2D eigenvalue weighted by molar-refractivity contribution is 4.69. The molecule has 0 saturated carbocycles. The Morgan fingerprint density at radius 1 is 0.947 bits per heavy atom. The summed E-state index contributed by atoms with van der Waals surface area (Å²) in [7, 11) is 0. The number of ether oxygens (including phenoxy) is 1. The van der Waals surface area contributed by atoms with Crippen LogP contribution in [0.1, 0.15) is 39.5 Å². The molecule has 1 rings (SSSR count). The van der Waals surface area contributed by atoms with E-state index in [-0.39, 0.29) is 0 Å². The first-order valence-electron chi connectivity index (χ1n) is 7.98. The van der Waals surface area contributed by atoms with Crippen LogP contribution in [0.3, 0.4) is 0 Å². The van der Waals surface area contributed by atoms with Crippen molar-refractivity contribution in [3.63, 3.8) is 0 Å². The highest BCUT2D eigenvalue weighted by Crippen LogP contribution is 2.05. The third-order valence-electron chi connectivity index (χ3n) is 3.72. The van der Waals surface area contributed by atoms with Crippen LogP contribution >= 0.6 is 0 Å². The van der Waals surface area contributed by atoms with Crippen molar-refractivity contribution in [2.24, 2.45) is 5.73 Å². The second-order valence-corrected chi connectivity index (χ2v) is 5.81. The quantitative estimate of drug-likeness (QED) is 0.646. The molecular weight excluding hydrogens is 238 g/mol. The second-order valence-electron chi connectivity index (χ2n) is 5.81. The van der Waals surface area contributed by atoms with Gasteiger partial charge in [0.05, 0.1) is 12.7 Å². The van der Waals surface area contributed by atoms with Crippen molar-refractivity contribution in [3.05, 3.63) is 0 Å². The van der Waals surface area contributed by atoms with Crippen molar-refractivity contribution in [3.8, 4) is 0 Å². The molecule has 0 aromatic rings. The van der Waals surface area contributed by atoms with Gasteiger partial charge in [-0.2, -0.15) is 0 Å². The summed E-state index contributed by atoms with van der Waals surface area (Å²) in [5, 5.41) is 0. The fourth-order valence-electron chi connectivity index (χ4n) is 2.55. The fourth-order valence-corrected chi connectivity index (χ4v) is 2.55. The first kappa shape index (κ1) is 16.9. The summed E-state index contributed by atoms with van der Waals surface area (Å²) in [5.41, 5.74) is 5.53. The number of nitrogens with zero attached hydrogens (tertiary/aromatic N) is 2. The van der Waals surface area contributed by atoms with Crippen molar-refractivity contribution in [2.45, 2.75) is 45.6 Å². The van der Waals surface area contributed by atoms with E-state index in [1.807, 2.05) is 0 Å². The first-order chi connectivity index (χ1) is 9.22. The molecule has 0 aliphatic carbocycles. The van der Waals surface area contributed by atoms with Crippen LogP contribution in [0.2, 0.25) is 0 Å². The van der Waals surface area contributed by atoms with E-state index in [0.717, 1.165) is 19.7 Å². The van der Waals surface area contributed by atoms with E-state index in [0.29, 0.717) is 6.10 Å². The fraction of sp³-hybridized carbons (Fsp3) is 1.00. The third kappa shape index (κ3) is 8.58. The molecule has 19 heavy (non-hydrogen) atoms. The summed E-state index contributed by atoms with van der Waals surface area (Å²) in [5.74, 6) is 0. The second kappa shape index (κ2) is 10.6. The van der Waals surface area contributed by atoms with E-state index >= 15 is 0 Å². The minimum Gasteiger partial charge on any atom is -0.377 e. The molecule has 2 N–H and O–H groups in total. The average Bonchev–Trinajstić information content (AvgIpc) is 2.60. The monoisotopic (exact) mass is 271 g/mol. The standard InChI is InChI=1S/C15H33N3O/c1-15(2)19-14-13-18-10-6-9-17(11-12-18)8-5-3-4-7-16/h15H,3-14,16H2,1-2H3. The lowest BCUT2D eigenvalue weighted by atomic mass is 10.2. The van der Waals surface area contributed by atoms with Crippen molar-refractivity contribution in [2.75, 3.05) is 52.4 Å². The summed E-state index contributed by atoms with van der Waals surface area (Å²) < 4.78 is 5.64. The molecule has 1 heterocycles. The van der Waals surface area contributed by atoms with E-state index < -0.39 is 0 Å². The van der Waals surface area contributed by atoms with Crippen LogP contribution in [0.5, 0.6) is 0 Å². The van der Waals surface area contributed by atoms with Gasteiger partial charge in [-0.25, -0.2) is 0 Å². The summed E-state index contributed by atoms with van der Waals surface area (Å²) in [6, 6.07) is 0. The topological polar surface area (TPSA) is 41.7 Å². The zero-order valence-electron chi connectivity index (χ0n) is 12.9. The maximum absolute atomic E-state index is 5.64. The molecule has 0 aromatic heterocycles. The predicted octanol–water partition coefficient (Wildman–Crippen LogP) is 1.55. The Balaban J connectivity index is 2.09. The van der Waals surface area contributed by atoms with Gasteiger partial charge in [0.25, 0.3) is 0 Å². The van der Waals surface area contributed by atoms with Crippen LogP contribution in [0.25, 0.3) is 0 Å². The van der Waals surface area contributed by atoms with Crippen LogP contribution in [-0.4, -0.2) is 68.3 Å². The van der Waals surface area contributed by atoms with E-state index in [9.17, 15) is 0 Å². The number of hydrogen-bond acceptors (Lipinski definition) is 4. The zero-order chi connectivity index (χ0) is 13.9. The highest BCUT2D eigenvalue weighted by atomic mass is 16.5. The van der Waals surface area contributed by atoms with Gasteiger partial charge >= 0.3 is 0 Å². The molecule has 0 bridgehead atoms. The normalized spacial score (nSPS) is 18.9. The van der Waals surface area contributed by atoms with Gasteiger partial charge in [0.1, 0.15) is 0 Å². The molecule has 0 amide bonds. The van der Waals surface area contributed by atoms with Crippen molar-refractivity contribution >= 4 is 0 Å². The van der Waals surface area contributed by atoms with Gasteiger partial charge in [-0.05, 0) is 59.3 Å². The molecule has 1 aliphatic heterocycles. The molecule has 1 saturated heterocycles. The lowest BCUT2D eigenvalue weighted by Crippen LogP contribution is -2.33. The van der Waals surface area contributed by atoms with Crippen molar-refractivity contribution < 1.29 is 4.74 Å². The molecule has 0 radical (unpaired) electrons. The predicted molar refractivity (Wildman–Crippen MR) is 81.5 cm³/mol. The maximum atomic E-state index is 5.64. The number of rotatable bonds is 9. The maximum Gasteiger partial charge on any atom is 0.0596 e. The Hall–Kier alpha value is -0.160. The number of hydrogen-bond donors (Lipinski definition) is 1. The molecule has 0 atom stereocenters. The smallest absolute Gasteiger partial charge is 0.0596 e. The summed E-state index contributed by atoms with van der Waals surface area (Å²) in [6.45, 7) is 13.1. The first-order valence-corrected chi connectivity index (χ1v) is 7.98. The van der Waals surface area contributed by atoms with E-state index in [1.165, 1.54) is 58.4 Å². The Morgan fingerprint density at radius 3 is 2.26 bits per heavy atom. The van der Waals surface area contributed by atoms with Crippen molar-refractivity contribution in [1.29, 1.82) is 0 Å². The molecule has 0 aromatic carbocycles. The molecule has 114 valence electrons. The van der Waals surface area contributed by atoms with E-state index in [4.69, 9.17) is 10.5 Å². The van der Waals surface area contributed by atoms with Crippen LogP contribution in [0.4, 0.5) is 0 Å². The highest BCUT2D eigenvalue weighted by Gasteiger charge is 2.14. The van der Waals surface area contributed by atoms with Gasteiger partial charge in [-0.3, -0.25) is 4.90 Å². The summed E-state index contributed by atoms with van der Waals surface area (Å²) in [6.07, 6.45) is 5.39. The van der Waals surface area contributed by atoms with Gasteiger partial charge < -0.3 is 15.4 Å². The van der Waals surface area contributed by atoms with Crippen LogP contribution in [-0.2, 0) is 4.74 Å². The SMILES string of the molecule is CC(C)OCCN1CCCN(CCCCCN)CC1. The van der Waals surface area contributed by atoms with E-state index in [1.54, 1.807) is 0 Å². The van der Waals surface area contributed by atoms with Gasteiger partial charge in [0.15, 0.2) is 0 Å². The largest absolute Gasteiger partial charge is 0.377 e. The molecule has 0 spiro atoms. The Morgan fingerprint density at radius 2 is 1.63 bits per heavy atom. The average molecular weight is 271 g/mol. The third-order valence-corrected chi connectivity index (χ3v) is 3.72. The lowest BCUT2D eigenvalue weighted by Gasteiger charge is -2.22. The molecule has 1 aliphatic rings. The summed E-state index contributed by atoms with van der Waals surface area (Å²) >= 11 is 0. The summed E-state index contributed by atoms with van der Waals surface area (Å²) in [4.78, 5) is 5.15. The zero-order valence-corrected chi connectivity index (χ0v) is 12.9. The molecular formula is C15H33N3O. The number of nitrogens with two attached hydrogens (primary N) is 1. The Kier molecular flexibility index (Phi) is 9.43. The molecule has 4 nitrogen and oxygen atoms in total.